The van der Waals surface area contributed by atoms with Crippen LogP contribution in [0.2, 0.25) is 0 Å². The van der Waals surface area contributed by atoms with Crippen LogP contribution in [0.15, 0.2) is 23.8 Å². The van der Waals surface area contributed by atoms with E-state index in [1.807, 2.05) is 13.0 Å². The van der Waals surface area contributed by atoms with Gasteiger partial charge in [0.25, 0.3) is 0 Å². The first-order chi connectivity index (χ1) is 7.13. The first-order valence-electron chi connectivity index (χ1n) is 5.02. The minimum Gasteiger partial charge on any atom is -0.456 e. The fourth-order valence-electron chi connectivity index (χ4n) is 1.89. The maximum atomic E-state index is 11.3. The third kappa shape index (κ3) is 1.70. The highest BCUT2D eigenvalue weighted by Gasteiger charge is 2.43. The normalized spacial score (nSPS) is 40.2. The third-order valence-corrected chi connectivity index (χ3v) is 2.63. The Bertz CT molecular complexity index is 331. The minimum absolute atomic E-state index is 0.274. The van der Waals surface area contributed by atoms with E-state index in [1.165, 1.54) is 6.08 Å². The van der Waals surface area contributed by atoms with Crippen LogP contribution < -0.4 is 0 Å². The second-order valence-electron chi connectivity index (χ2n) is 3.77. The number of ether oxygens (including phenoxy) is 2. The Kier molecular flexibility index (Phi) is 2.63. The third-order valence-electron chi connectivity index (χ3n) is 2.63. The Hall–Kier alpha value is -1.13. The molecule has 1 saturated heterocycles. The molecule has 0 aliphatic carbocycles. The van der Waals surface area contributed by atoms with Crippen molar-refractivity contribution in [3.8, 4) is 0 Å². The second-order valence-corrected chi connectivity index (χ2v) is 3.77. The quantitative estimate of drug-likeness (QED) is 0.507. The highest BCUT2D eigenvalue weighted by atomic mass is 16.6. The molecule has 2 rings (SSSR count). The smallest absolute Gasteiger partial charge is 0.336 e. The molecule has 0 bridgehead atoms. The predicted molar refractivity (Wildman–Crippen MR) is 53.1 cm³/mol. The molecule has 4 unspecified atom stereocenters. The molecule has 0 radical (unpaired) electrons. The summed E-state index contributed by atoms with van der Waals surface area (Å²) in [5, 5.41) is 9.69. The summed E-state index contributed by atoms with van der Waals surface area (Å²) in [5.41, 5.74) is 0.441. The number of fused-ring (bicyclic) bond motifs is 1. The zero-order valence-corrected chi connectivity index (χ0v) is 8.71. The fraction of sp³-hybridized carbons (Fsp3) is 0.545. The van der Waals surface area contributed by atoms with E-state index >= 15 is 0 Å². The number of allylic oxidation sites excluding steroid dienone is 1. The zero-order valence-electron chi connectivity index (χ0n) is 8.71. The Balaban J connectivity index is 2.26. The van der Waals surface area contributed by atoms with Gasteiger partial charge >= 0.3 is 5.97 Å². The van der Waals surface area contributed by atoms with Gasteiger partial charge in [-0.25, -0.2) is 4.79 Å². The molecule has 4 nitrogen and oxygen atoms in total. The highest BCUT2D eigenvalue weighted by molar-refractivity contribution is 5.92. The number of aliphatic hydroxyl groups excluding tert-OH is 1. The highest BCUT2D eigenvalue weighted by Crippen LogP contribution is 2.30. The van der Waals surface area contributed by atoms with Gasteiger partial charge in [0.2, 0.25) is 0 Å². The molecule has 2 aliphatic heterocycles. The van der Waals surface area contributed by atoms with Crippen LogP contribution >= 0.6 is 0 Å². The Morgan fingerprint density at radius 3 is 2.93 bits per heavy atom. The van der Waals surface area contributed by atoms with E-state index in [-0.39, 0.29) is 24.3 Å². The number of esters is 1. The molecule has 0 aromatic carbocycles. The summed E-state index contributed by atoms with van der Waals surface area (Å²) in [6.45, 7) is 3.64. The molecule has 0 amide bonds. The number of carbonyl (C=O) groups excluding carboxylic acids is 1. The molecule has 4 heteroatoms. The van der Waals surface area contributed by atoms with Gasteiger partial charge in [-0.05, 0) is 19.9 Å². The molecule has 4 atom stereocenters. The molecule has 15 heavy (non-hydrogen) atoms. The second kappa shape index (κ2) is 3.79. The van der Waals surface area contributed by atoms with Crippen LogP contribution in [-0.4, -0.2) is 35.5 Å². The monoisotopic (exact) mass is 210 g/mol. The van der Waals surface area contributed by atoms with Gasteiger partial charge in [0.1, 0.15) is 24.4 Å². The van der Waals surface area contributed by atoms with Gasteiger partial charge in [-0.2, -0.15) is 0 Å². The Labute approximate surface area is 88.2 Å². The van der Waals surface area contributed by atoms with Crippen LogP contribution in [0.25, 0.3) is 0 Å². The molecule has 0 spiro atoms. The number of cyclic esters (lactones) is 1. The average molecular weight is 210 g/mol. The summed E-state index contributed by atoms with van der Waals surface area (Å²) in [7, 11) is 0. The predicted octanol–water partition coefficient (Wildman–Crippen LogP) is 0.562. The van der Waals surface area contributed by atoms with E-state index in [0.29, 0.717) is 5.57 Å². The Morgan fingerprint density at radius 2 is 2.27 bits per heavy atom. The topological polar surface area (TPSA) is 55.8 Å². The number of hydrogen-bond donors (Lipinski definition) is 1. The largest absolute Gasteiger partial charge is 0.456 e. The molecular formula is C11H14O4. The summed E-state index contributed by atoms with van der Waals surface area (Å²) in [6.07, 6.45) is 3.34. The van der Waals surface area contributed by atoms with Crippen molar-refractivity contribution < 1.29 is 19.4 Å². The van der Waals surface area contributed by atoms with Crippen molar-refractivity contribution in [3.05, 3.63) is 23.8 Å². The van der Waals surface area contributed by atoms with E-state index in [0.717, 1.165) is 0 Å². The van der Waals surface area contributed by atoms with Crippen molar-refractivity contribution in [3.63, 3.8) is 0 Å². The summed E-state index contributed by atoms with van der Waals surface area (Å²) in [6, 6.07) is 0. The molecule has 82 valence electrons. The zero-order chi connectivity index (χ0) is 11.0. The maximum Gasteiger partial charge on any atom is 0.336 e. The number of hydrogen-bond acceptors (Lipinski definition) is 4. The number of aliphatic hydroxyl groups is 1. The summed E-state index contributed by atoms with van der Waals surface area (Å²) in [4.78, 5) is 11.3. The van der Waals surface area contributed by atoms with Crippen molar-refractivity contribution in [1.82, 2.24) is 0 Å². The van der Waals surface area contributed by atoms with Gasteiger partial charge in [0.05, 0.1) is 5.57 Å². The van der Waals surface area contributed by atoms with E-state index in [4.69, 9.17) is 9.47 Å². The van der Waals surface area contributed by atoms with Crippen LogP contribution in [0.3, 0.4) is 0 Å². The fourth-order valence-corrected chi connectivity index (χ4v) is 1.89. The van der Waals surface area contributed by atoms with Crippen molar-refractivity contribution in [2.45, 2.75) is 38.3 Å². The standard InChI is InChI=1S/C11H14O4/c1-3-4-9-8(12)5-7-10(15-9)6(2)14-11(7)13/h3-6,8-10,12H,1-2H3. The van der Waals surface area contributed by atoms with E-state index in [1.54, 1.807) is 13.0 Å². The lowest BCUT2D eigenvalue weighted by atomic mass is 10.00. The molecule has 0 aromatic heterocycles. The number of carbonyl (C=O) groups is 1. The number of rotatable bonds is 1. The van der Waals surface area contributed by atoms with Gasteiger partial charge in [0.15, 0.2) is 0 Å². The van der Waals surface area contributed by atoms with E-state index in [9.17, 15) is 9.90 Å². The van der Waals surface area contributed by atoms with Crippen LogP contribution in [0, 0.1) is 0 Å². The molecule has 0 saturated carbocycles. The molecule has 1 fully saturated rings. The molecular weight excluding hydrogens is 196 g/mol. The average Bonchev–Trinajstić information content (AvgIpc) is 2.44. The maximum absolute atomic E-state index is 11.3. The lowest BCUT2D eigenvalue weighted by Crippen LogP contribution is -2.38. The van der Waals surface area contributed by atoms with Gasteiger partial charge in [-0.15, -0.1) is 0 Å². The summed E-state index contributed by atoms with van der Waals surface area (Å²) < 4.78 is 10.6. The van der Waals surface area contributed by atoms with Gasteiger partial charge in [-0.3, -0.25) is 0 Å². The lowest BCUT2D eigenvalue weighted by molar-refractivity contribution is -0.139. The van der Waals surface area contributed by atoms with Gasteiger partial charge in [-0.1, -0.05) is 12.2 Å². The Morgan fingerprint density at radius 1 is 1.53 bits per heavy atom. The van der Waals surface area contributed by atoms with Crippen molar-refractivity contribution in [1.29, 1.82) is 0 Å². The van der Waals surface area contributed by atoms with Crippen molar-refractivity contribution in [2.75, 3.05) is 0 Å². The van der Waals surface area contributed by atoms with Gasteiger partial charge < -0.3 is 14.6 Å². The van der Waals surface area contributed by atoms with Crippen molar-refractivity contribution >= 4 is 5.97 Å². The van der Waals surface area contributed by atoms with Crippen LogP contribution in [0.5, 0.6) is 0 Å². The van der Waals surface area contributed by atoms with Crippen LogP contribution in [0.4, 0.5) is 0 Å². The van der Waals surface area contributed by atoms with E-state index in [2.05, 4.69) is 0 Å². The first-order valence-corrected chi connectivity index (χ1v) is 5.02. The van der Waals surface area contributed by atoms with Crippen LogP contribution in [0.1, 0.15) is 13.8 Å². The first kappa shape index (κ1) is 10.4. The molecule has 0 aromatic rings. The lowest BCUT2D eigenvalue weighted by Gasteiger charge is -2.28. The van der Waals surface area contributed by atoms with E-state index < -0.39 is 6.10 Å². The summed E-state index contributed by atoms with van der Waals surface area (Å²) in [5.74, 6) is -0.384. The minimum atomic E-state index is -0.773. The summed E-state index contributed by atoms with van der Waals surface area (Å²) >= 11 is 0. The molecule has 2 aliphatic rings. The molecule has 2 heterocycles. The SMILES string of the molecule is CC=CC1OC2C(=CC1O)C(=O)OC2C. The molecule has 1 N–H and O–H groups in total. The van der Waals surface area contributed by atoms with Crippen LogP contribution in [-0.2, 0) is 14.3 Å². The van der Waals surface area contributed by atoms with Gasteiger partial charge in [0, 0.05) is 0 Å². The van der Waals surface area contributed by atoms with Crippen molar-refractivity contribution in [2.24, 2.45) is 0 Å².